The maximum absolute atomic E-state index is 12.0. The van der Waals surface area contributed by atoms with E-state index in [0.29, 0.717) is 6.42 Å². The van der Waals surface area contributed by atoms with Crippen molar-refractivity contribution in [1.29, 1.82) is 5.26 Å². The van der Waals surface area contributed by atoms with Crippen molar-refractivity contribution in [3.8, 4) is 11.8 Å². The van der Waals surface area contributed by atoms with E-state index in [9.17, 15) is 9.59 Å². The molecular formula is C17H23N3O4. The molecule has 2 N–H and O–H groups in total. The molecular weight excluding hydrogens is 310 g/mol. The Labute approximate surface area is 141 Å². The largest absolute Gasteiger partial charge is 0.497 e. The van der Waals surface area contributed by atoms with Crippen LogP contribution in [0, 0.1) is 17.2 Å². The lowest BCUT2D eigenvalue weighted by molar-refractivity contribution is -0.123. The SMILES string of the molecule is COc1ccc(COC(=O)N[C@@H](CC(C)C)C(=O)NCC#N)cc1. The minimum Gasteiger partial charge on any atom is -0.497 e. The number of ether oxygens (including phenoxy) is 2. The number of hydrogen-bond donors (Lipinski definition) is 2. The quantitative estimate of drug-likeness (QED) is 0.709. The summed E-state index contributed by atoms with van der Waals surface area (Å²) in [6, 6.07) is 8.22. The van der Waals surface area contributed by atoms with E-state index in [1.54, 1.807) is 31.4 Å². The molecule has 0 saturated heterocycles. The number of nitriles is 1. The van der Waals surface area contributed by atoms with Crippen molar-refractivity contribution >= 4 is 12.0 Å². The van der Waals surface area contributed by atoms with Gasteiger partial charge in [-0.1, -0.05) is 26.0 Å². The number of carbonyl (C=O) groups excluding carboxylic acids is 2. The van der Waals surface area contributed by atoms with Crippen molar-refractivity contribution in [2.24, 2.45) is 5.92 Å². The Morgan fingerprint density at radius 2 is 1.92 bits per heavy atom. The van der Waals surface area contributed by atoms with Crippen LogP contribution in [0.15, 0.2) is 24.3 Å². The van der Waals surface area contributed by atoms with Crippen LogP contribution in [0.4, 0.5) is 4.79 Å². The summed E-state index contributed by atoms with van der Waals surface area (Å²) in [7, 11) is 1.57. The maximum Gasteiger partial charge on any atom is 0.408 e. The Bertz CT molecular complexity index is 578. The summed E-state index contributed by atoms with van der Waals surface area (Å²) in [5.74, 6) is 0.519. The summed E-state index contributed by atoms with van der Waals surface area (Å²) in [5.41, 5.74) is 0.806. The summed E-state index contributed by atoms with van der Waals surface area (Å²) in [4.78, 5) is 23.9. The molecule has 0 bridgehead atoms. The summed E-state index contributed by atoms with van der Waals surface area (Å²) in [6.07, 6.45) is -0.224. The first-order chi connectivity index (χ1) is 11.5. The summed E-state index contributed by atoms with van der Waals surface area (Å²) in [6.45, 7) is 3.87. The van der Waals surface area contributed by atoms with Crippen LogP contribution in [0.3, 0.4) is 0 Å². The molecule has 0 aliphatic heterocycles. The highest BCUT2D eigenvalue weighted by Crippen LogP contribution is 2.12. The van der Waals surface area contributed by atoms with E-state index >= 15 is 0 Å². The summed E-state index contributed by atoms with van der Waals surface area (Å²) < 4.78 is 10.2. The van der Waals surface area contributed by atoms with Crippen molar-refractivity contribution in [3.05, 3.63) is 29.8 Å². The fourth-order valence-electron chi connectivity index (χ4n) is 2.01. The van der Waals surface area contributed by atoms with Crippen LogP contribution < -0.4 is 15.4 Å². The van der Waals surface area contributed by atoms with E-state index in [-0.39, 0.29) is 19.1 Å². The number of nitrogens with zero attached hydrogens (tertiary/aromatic N) is 1. The van der Waals surface area contributed by atoms with Gasteiger partial charge in [0, 0.05) is 0 Å². The highest BCUT2D eigenvalue weighted by Gasteiger charge is 2.22. The molecule has 130 valence electrons. The molecule has 1 aromatic rings. The Hall–Kier alpha value is -2.75. The molecule has 0 aliphatic rings. The molecule has 0 spiro atoms. The molecule has 0 aliphatic carbocycles. The molecule has 1 atom stereocenters. The van der Waals surface area contributed by atoms with Gasteiger partial charge in [-0.05, 0) is 30.0 Å². The minimum atomic E-state index is -0.735. The predicted molar refractivity (Wildman–Crippen MR) is 88.2 cm³/mol. The zero-order chi connectivity index (χ0) is 17.9. The highest BCUT2D eigenvalue weighted by molar-refractivity contribution is 5.85. The van der Waals surface area contributed by atoms with Crippen molar-refractivity contribution < 1.29 is 19.1 Å². The molecule has 0 heterocycles. The molecule has 0 radical (unpaired) electrons. The lowest BCUT2D eigenvalue weighted by atomic mass is 10.0. The van der Waals surface area contributed by atoms with Gasteiger partial charge in [0.25, 0.3) is 0 Å². The van der Waals surface area contributed by atoms with Crippen molar-refractivity contribution in [1.82, 2.24) is 10.6 Å². The monoisotopic (exact) mass is 333 g/mol. The van der Waals surface area contributed by atoms with Crippen LogP contribution in [-0.2, 0) is 16.1 Å². The first-order valence-electron chi connectivity index (χ1n) is 7.67. The zero-order valence-electron chi connectivity index (χ0n) is 14.2. The lowest BCUT2D eigenvalue weighted by Gasteiger charge is -2.19. The second-order valence-electron chi connectivity index (χ2n) is 5.63. The van der Waals surface area contributed by atoms with Gasteiger partial charge in [-0.3, -0.25) is 4.79 Å². The molecule has 24 heavy (non-hydrogen) atoms. The van der Waals surface area contributed by atoms with Gasteiger partial charge in [0.05, 0.1) is 13.2 Å². The number of hydrogen-bond acceptors (Lipinski definition) is 5. The summed E-state index contributed by atoms with van der Waals surface area (Å²) in [5, 5.41) is 13.5. The number of amides is 2. The van der Waals surface area contributed by atoms with Gasteiger partial charge < -0.3 is 20.1 Å². The second kappa shape index (κ2) is 10.1. The van der Waals surface area contributed by atoms with Crippen molar-refractivity contribution in [2.75, 3.05) is 13.7 Å². The van der Waals surface area contributed by atoms with Crippen molar-refractivity contribution in [2.45, 2.75) is 32.9 Å². The van der Waals surface area contributed by atoms with Gasteiger partial charge in [0.15, 0.2) is 0 Å². The van der Waals surface area contributed by atoms with Crippen LogP contribution in [0.25, 0.3) is 0 Å². The van der Waals surface area contributed by atoms with Gasteiger partial charge in [0.2, 0.25) is 5.91 Å². The Balaban J connectivity index is 2.53. The number of alkyl carbamates (subject to hydrolysis) is 1. The van der Waals surface area contributed by atoms with E-state index in [4.69, 9.17) is 14.7 Å². The van der Waals surface area contributed by atoms with E-state index in [1.807, 2.05) is 19.9 Å². The maximum atomic E-state index is 12.0. The topological polar surface area (TPSA) is 100 Å². The fraction of sp³-hybridized carbons (Fsp3) is 0.471. The van der Waals surface area contributed by atoms with E-state index in [2.05, 4.69) is 10.6 Å². The Morgan fingerprint density at radius 1 is 1.25 bits per heavy atom. The van der Waals surface area contributed by atoms with E-state index in [1.165, 1.54) is 0 Å². The van der Waals surface area contributed by atoms with E-state index in [0.717, 1.165) is 11.3 Å². The highest BCUT2D eigenvalue weighted by atomic mass is 16.5. The molecule has 7 nitrogen and oxygen atoms in total. The van der Waals surface area contributed by atoms with E-state index < -0.39 is 18.0 Å². The van der Waals surface area contributed by atoms with Gasteiger partial charge in [-0.25, -0.2) is 4.79 Å². The lowest BCUT2D eigenvalue weighted by Crippen LogP contribution is -2.47. The van der Waals surface area contributed by atoms with Crippen LogP contribution in [0.1, 0.15) is 25.8 Å². The third-order valence-electron chi connectivity index (χ3n) is 3.19. The average Bonchev–Trinajstić information content (AvgIpc) is 2.57. The first-order valence-corrected chi connectivity index (χ1v) is 7.67. The zero-order valence-corrected chi connectivity index (χ0v) is 14.2. The second-order valence-corrected chi connectivity index (χ2v) is 5.63. The third-order valence-corrected chi connectivity index (χ3v) is 3.19. The summed E-state index contributed by atoms with van der Waals surface area (Å²) >= 11 is 0. The molecule has 0 saturated carbocycles. The molecule has 1 aromatic carbocycles. The number of rotatable bonds is 8. The molecule has 0 unspecified atom stereocenters. The molecule has 0 aromatic heterocycles. The number of methoxy groups -OCH3 is 1. The van der Waals surface area contributed by atoms with Crippen LogP contribution in [0.2, 0.25) is 0 Å². The molecule has 7 heteroatoms. The van der Waals surface area contributed by atoms with Gasteiger partial charge in [-0.2, -0.15) is 5.26 Å². The fourth-order valence-corrected chi connectivity index (χ4v) is 2.01. The smallest absolute Gasteiger partial charge is 0.408 e. The standard InChI is InChI=1S/C17H23N3O4/c1-12(2)10-15(16(21)19-9-8-18)20-17(22)24-11-13-4-6-14(23-3)7-5-13/h4-7,12,15H,9-11H2,1-3H3,(H,19,21)(H,20,22)/t15-/m0/s1. The Kier molecular flexibility index (Phi) is 8.13. The van der Waals surface area contributed by atoms with Crippen LogP contribution in [-0.4, -0.2) is 31.7 Å². The van der Waals surface area contributed by atoms with Gasteiger partial charge >= 0.3 is 6.09 Å². The average molecular weight is 333 g/mol. The Morgan fingerprint density at radius 3 is 2.46 bits per heavy atom. The first kappa shape index (κ1) is 19.3. The normalized spacial score (nSPS) is 11.3. The molecule has 1 rings (SSSR count). The van der Waals surface area contributed by atoms with Gasteiger partial charge in [-0.15, -0.1) is 0 Å². The number of carbonyl (C=O) groups is 2. The minimum absolute atomic E-state index is 0.0873. The third kappa shape index (κ3) is 7.01. The van der Waals surface area contributed by atoms with Gasteiger partial charge in [0.1, 0.15) is 24.9 Å². The number of benzene rings is 1. The molecule has 2 amide bonds. The van der Waals surface area contributed by atoms with Crippen LogP contribution >= 0.6 is 0 Å². The predicted octanol–water partition coefficient (Wildman–Crippen LogP) is 1.98. The number of nitrogens with one attached hydrogen (secondary N) is 2. The van der Waals surface area contributed by atoms with Crippen LogP contribution in [0.5, 0.6) is 5.75 Å². The molecule has 0 fully saturated rings. The van der Waals surface area contributed by atoms with Crippen molar-refractivity contribution in [3.63, 3.8) is 0 Å².